The van der Waals surface area contributed by atoms with Gasteiger partial charge in [-0.2, -0.15) is 52.7 Å². The summed E-state index contributed by atoms with van der Waals surface area (Å²) in [7, 11) is 0. The number of nitrogens with zero attached hydrogens (tertiary/aromatic N) is 3. The van der Waals surface area contributed by atoms with E-state index in [1.165, 1.54) is 13.8 Å². The molecule has 5 aromatic rings. The molecule has 8 nitrogen and oxygen atoms in total. The van der Waals surface area contributed by atoms with Crippen LogP contribution in [0.1, 0.15) is 142 Å². The zero-order valence-electron chi connectivity index (χ0n) is 39.6. The summed E-state index contributed by atoms with van der Waals surface area (Å²) in [5.74, 6) is 0. The Morgan fingerprint density at radius 2 is 0.849 bits per heavy atom. The van der Waals surface area contributed by atoms with E-state index in [-0.39, 0.29) is 57.1 Å². The summed E-state index contributed by atoms with van der Waals surface area (Å²) in [6.45, 7) is 3.08. The van der Waals surface area contributed by atoms with Gasteiger partial charge in [0.25, 0.3) is 0 Å². The molecule has 0 unspecified atom stereocenters. The normalized spacial score (nSPS) is 23.7. The molecule has 4 aromatic carbocycles. The highest BCUT2D eigenvalue weighted by Crippen LogP contribution is 2.49. The summed E-state index contributed by atoms with van der Waals surface area (Å²) in [6, 6.07) is 22.1. The van der Waals surface area contributed by atoms with Crippen molar-refractivity contribution in [1.82, 2.24) is 14.8 Å². The summed E-state index contributed by atoms with van der Waals surface area (Å²) in [6.07, 6.45) is -12.5. The van der Waals surface area contributed by atoms with Crippen LogP contribution in [-0.2, 0) is 50.5 Å². The highest BCUT2D eigenvalue weighted by atomic mass is 19.4. The van der Waals surface area contributed by atoms with Crippen LogP contribution < -0.4 is 5.73 Å². The number of rotatable bonds is 15. The van der Waals surface area contributed by atoms with Gasteiger partial charge in [0, 0.05) is 35.1 Å². The van der Waals surface area contributed by atoms with Gasteiger partial charge in [-0.05, 0) is 137 Å². The van der Waals surface area contributed by atoms with Crippen LogP contribution in [0.5, 0.6) is 0 Å². The van der Waals surface area contributed by atoms with E-state index < -0.39 is 81.1 Å². The molecule has 0 radical (unpaired) electrons. The molecular formula is C53H62F12N4O4. The minimum Gasteiger partial charge on any atom is -0.396 e. The molecular weight excluding hydrogens is 985 g/mol. The first kappa shape index (κ1) is 58.9. The van der Waals surface area contributed by atoms with Crippen molar-refractivity contribution in [1.29, 1.82) is 0 Å². The molecule has 4 N–H and O–H groups in total. The summed E-state index contributed by atoms with van der Waals surface area (Å²) in [5, 5.41) is 26.9. The molecule has 0 saturated heterocycles. The molecule has 1 aromatic heterocycles. The number of halogens is 12. The van der Waals surface area contributed by atoms with E-state index in [1.807, 2.05) is 65.2 Å². The Kier molecular flexibility index (Phi) is 18.8. The molecule has 73 heavy (non-hydrogen) atoms. The fraction of sp³-hybridized carbons (Fsp3) is 0.509. The quantitative estimate of drug-likeness (QED) is 0.0895. The molecule has 2 atom stereocenters. The number of aliphatic hydroxyl groups is 2. The van der Waals surface area contributed by atoms with E-state index in [0.29, 0.717) is 88.5 Å². The van der Waals surface area contributed by atoms with Crippen LogP contribution in [-0.4, -0.2) is 56.9 Å². The van der Waals surface area contributed by atoms with Crippen molar-refractivity contribution < 1.29 is 72.4 Å². The van der Waals surface area contributed by atoms with Gasteiger partial charge in [0.2, 0.25) is 0 Å². The maximum Gasteiger partial charge on any atom is 0.416 e. The Balaban J connectivity index is 0.000000269. The van der Waals surface area contributed by atoms with E-state index >= 15 is 0 Å². The van der Waals surface area contributed by atoms with E-state index in [0.717, 1.165) is 11.1 Å². The van der Waals surface area contributed by atoms with Gasteiger partial charge in [-0.15, -0.1) is 10.2 Å². The third-order valence-electron chi connectivity index (χ3n) is 14.6. The number of hydrogen-bond donors (Lipinski definition) is 3. The van der Waals surface area contributed by atoms with Crippen LogP contribution >= 0.6 is 0 Å². The summed E-state index contributed by atoms with van der Waals surface area (Å²) in [4.78, 5) is 0. The first-order valence-electron chi connectivity index (χ1n) is 23.5. The van der Waals surface area contributed by atoms with Gasteiger partial charge in [-0.25, -0.2) is 0 Å². The van der Waals surface area contributed by atoms with Crippen molar-refractivity contribution in [3.63, 3.8) is 0 Å². The van der Waals surface area contributed by atoms with Gasteiger partial charge in [-0.1, -0.05) is 68.1 Å². The van der Waals surface area contributed by atoms with Crippen LogP contribution in [0.25, 0.3) is 0 Å². The molecule has 0 amide bonds. The lowest BCUT2D eigenvalue weighted by molar-refractivity contribution is -0.145. The van der Waals surface area contributed by atoms with E-state index in [1.54, 1.807) is 12.7 Å². The van der Waals surface area contributed by atoms with Crippen LogP contribution in [0.4, 0.5) is 52.7 Å². The second kappa shape index (κ2) is 23.3. The van der Waals surface area contributed by atoms with Crippen molar-refractivity contribution in [2.24, 2.45) is 5.73 Å². The maximum atomic E-state index is 13.4. The fourth-order valence-electron chi connectivity index (χ4n) is 9.99. The third-order valence-corrected chi connectivity index (χ3v) is 14.6. The number of nitrogens with two attached hydrogens (primary N) is 1. The molecule has 7 rings (SSSR count). The molecule has 2 saturated carbocycles. The molecule has 402 valence electrons. The second-order valence-corrected chi connectivity index (χ2v) is 19.3. The predicted octanol–water partition coefficient (Wildman–Crippen LogP) is 13.7. The van der Waals surface area contributed by atoms with Crippen molar-refractivity contribution in [3.05, 3.63) is 154 Å². The molecule has 20 heteroatoms. The van der Waals surface area contributed by atoms with Crippen molar-refractivity contribution in [2.45, 2.75) is 144 Å². The Morgan fingerprint density at radius 1 is 0.521 bits per heavy atom. The van der Waals surface area contributed by atoms with Crippen LogP contribution in [0, 0.1) is 0 Å². The molecule has 2 aliphatic rings. The van der Waals surface area contributed by atoms with Crippen molar-refractivity contribution in [3.8, 4) is 0 Å². The molecule has 2 fully saturated rings. The number of benzene rings is 4. The Labute approximate surface area is 416 Å². The van der Waals surface area contributed by atoms with Gasteiger partial charge in [0.15, 0.2) is 0 Å². The average Bonchev–Trinajstić information content (AvgIpc) is 3.90. The lowest BCUT2D eigenvalue weighted by Gasteiger charge is -2.47. The minimum atomic E-state index is -4.93. The topological polar surface area (TPSA) is 116 Å². The number of hydrogen-bond acceptors (Lipinski definition) is 7. The van der Waals surface area contributed by atoms with E-state index in [2.05, 4.69) is 10.2 Å². The van der Waals surface area contributed by atoms with Gasteiger partial charge < -0.3 is 30.0 Å². The fourth-order valence-corrected chi connectivity index (χ4v) is 9.99. The molecule has 0 bridgehead atoms. The molecule has 1 heterocycles. The van der Waals surface area contributed by atoms with Crippen LogP contribution in [0.15, 0.2) is 110 Å². The lowest BCUT2D eigenvalue weighted by Crippen LogP contribution is -2.49. The molecule has 2 aliphatic carbocycles. The zero-order chi connectivity index (χ0) is 52.8. The molecule has 0 aliphatic heterocycles. The largest absolute Gasteiger partial charge is 0.416 e. The van der Waals surface area contributed by atoms with Gasteiger partial charge in [0.05, 0.1) is 47.7 Å². The number of aromatic nitrogens is 3. The standard InChI is InChI=1S/C27H29F6N3O2.C25H29F6NO2.CH4/c1-19(20-13-22(26(28,29)30)15-23(14-20)27(31,32)33)38-16-24(21-5-3-2-4-6-21)7-9-25(10-8-24,11-12-37)36-17-34-35-18-36;1-17(18-13-20(24(26,27)28)15-21(14-18)25(29,30)31)34-16-22(19-5-3-2-4-6-19)7-9-23(32,10-8-22)11-12-33;/h2-6,13-15,17-19,37H,7-12,16H2,1H3;2-6,13-15,17,33H,7-12,16,32H2,1H3;1H4/t19-,24?,25?;17-,22?,23?;/m11./s1. The average molecular weight is 1050 g/mol. The third kappa shape index (κ3) is 14.4. The predicted molar refractivity (Wildman–Crippen MR) is 250 cm³/mol. The number of alkyl halides is 12. The van der Waals surface area contributed by atoms with Gasteiger partial charge in [-0.3, -0.25) is 0 Å². The van der Waals surface area contributed by atoms with E-state index in [9.17, 15) is 62.9 Å². The minimum absolute atomic E-state index is 0. The first-order chi connectivity index (χ1) is 33.7. The van der Waals surface area contributed by atoms with Crippen LogP contribution in [0.3, 0.4) is 0 Å². The second-order valence-electron chi connectivity index (χ2n) is 19.3. The monoisotopic (exact) mass is 1050 g/mol. The van der Waals surface area contributed by atoms with Gasteiger partial charge in [0.1, 0.15) is 12.7 Å². The molecule has 0 spiro atoms. The maximum absolute atomic E-state index is 13.4. The van der Waals surface area contributed by atoms with Crippen LogP contribution in [0.2, 0.25) is 0 Å². The SMILES string of the molecule is C.C[C@@H](OCC1(c2ccccc2)CCC(CCO)(n2cnnc2)CC1)c1cc(C(F)(F)F)cc(C(F)(F)F)c1.C[C@@H](OCC1(c2ccccc2)CCC(N)(CCO)CC1)c1cc(C(F)(F)F)cc(C(F)(F)F)c1. The highest BCUT2D eigenvalue weighted by molar-refractivity contribution is 5.36. The van der Waals surface area contributed by atoms with Gasteiger partial charge >= 0.3 is 24.7 Å². The Hall–Kier alpha value is -5.02. The number of ether oxygens (including phenoxy) is 2. The van der Waals surface area contributed by atoms with Crippen molar-refractivity contribution >= 4 is 0 Å². The smallest absolute Gasteiger partial charge is 0.396 e. The number of aliphatic hydroxyl groups excluding tert-OH is 2. The lowest BCUT2D eigenvalue weighted by atomic mass is 9.63. The summed E-state index contributed by atoms with van der Waals surface area (Å²) in [5.41, 5.74) is 0.639. The Bertz CT molecular complexity index is 2420. The zero-order valence-corrected chi connectivity index (χ0v) is 39.6. The summed E-state index contributed by atoms with van der Waals surface area (Å²) < 4.78 is 174. The van der Waals surface area contributed by atoms with Crippen molar-refractivity contribution in [2.75, 3.05) is 26.4 Å². The summed E-state index contributed by atoms with van der Waals surface area (Å²) >= 11 is 0. The highest BCUT2D eigenvalue weighted by Gasteiger charge is 2.46. The van der Waals surface area contributed by atoms with E-state index in [4.69, 9.17) is 15.2 Å². The Morgan fingerprint density at radius 3 is 1.16 bits per heavy atom. The first-order valence-corrected chi connectivity index (χ1v) is 23.5.